The quantitative estimate of drug-likeness (QED) is 0.809. The first kappa shape index (κ1) is 14.8. The Morgan fingerprint density at radius 1 is 1.33 bits per heavy atom. The predicted molar refractivity (Wildman–Crippen MR) is 63.6 cm³/mol. The second-order valence-electron chi connectivity index (χ2n) is 3.55. The molecule has 0 saturated carbocycles. The number of carboxylic acid groups (broad SMARTS) is 1. The summed E-state index contributed by atoms with van der Waals surface area (Å²) in [7, 11) is -1.52. The van der Waals surface area contributed by atoms with E-state index in [0.717, 1.165) is 14.2 Å². The average Bonchev–Trinajstić information content (AvgIpc) is 2.38. The van der Waals surface area contributed by atoms with Gasteiger partial charge in [-0.05, 0) is 17.7 Å². The van der Waals surface area contributed by atoms with Crippen LogP contribution >= 0.6 is 7.60 Å². The van der Waals surface area contributed by atoms with Crippen LogP contribution in [0.15, 0.2) is 24.3 Å². The molecule has 1 unspecified atom stereocenters. The van der Waals surface area contributed by atoms with Crippen LogP contribution in [0.2, 0.25) is 0 Å². The van der Waals surface area contributed by atoms with Gasteiger partial charge in [-0.15, -0.1) is 0 Å². The first-order valence-electron chi connectivity index (χ1n) is 5.10. The van der Waals surface area contributed by atoms with Gasteiger partial charge < -0.3 is 14.2 Å². The highest BCUT2D eigenvalue weighted by Crippen LogP contribution is 2.53. The molecule has 0 fully saturated rings. The molecule has 0 bridgehead atoms. The maximum atomic E-state index is 13.8. The van der Waals surface area contributed by atoms with Crippen LogP contribution < -0.4 is 0 Å². The lowest BCUT2D eigenvalue weighted by Crippen LogP contribution is -2.09. The van der Waals surface area contributed by atoms with Gasteiger partial charge in [-0.3, -0.25) is 4.57 Å². The SMILES string of the molecule is COP(=O)(OC)C(F)Cc1ccc(C(=O)O)cc1. The summed E-state index contributed by atoms with van der Waals surface area (Å²) < 4.78 is 34.6. The summed E-state index contributed by atoms with van der Waals surface area (Å²) in [5, 5.41) is 8.70. The number of carbonyl (C=O) groups is 1. The van der Waals surface area contributed by atoms with Crippen LogP contribution in [0.4, 0.5) is 4.39 Å². The van der Waals surface area contributed by atoms with Gasteiger partial charge in [0.15, 0.2) is 0 Å². The number of halogens is 1. The number of hydrogen-bond acceptors (Lipinski definition) is 4. The Labute approximate surface area is 104 Å². The van der Waals surface area contributed by atoms with E-state index in [1.807, 2.05) is 0 Å². The van der Waals surface area contributed by atoms with Crippen molar-refractivity contribution >= 4 is 13.6 Å². The van der Waals surface area contributed by atoms with Crippen molar-refractivity contribution in [1.82, 2.24) is 0 Å². The van der Waals surface area contributed by atoms with Gasteiger partial charge in [0.25, 0.3) is 0 Å². The Balaban J connectivity index is 2.79. The molecule has 0 aliphatic rings. The number of alkyl halides is 1. The zero-order valence-electron chi connectivity index (χ0n) is 10.00. The van der Waals surface area contributed by atoms with E-state index in [1.165, 1.54) is 24.3 Å². The minimum atomic E-state index is -3.75. The highest BCUT2D eigenvalue weighted by molar-refractivity contribution is 7.54. The van der Waals surface area contributed by atoms with E-state index in [-0.39, 0.29) is 12.0 Å². The van der Waals surface area contributed by atoms with Crippen molar-refractivity contribution in [2.24, 2.45) is 0 Å². The number of carboxylic acids is 1. The highest BCUT2D eigenvalue weighted by Gasteiger charge is 2.34. The van der Waals surface area contributed by atoms with E-state index in [1.54, 1.807) is 0 Å². The van der Waals surface area contributed by atoms with Gasteiger partial charge >= 0.3 is 13.6 Å². The van der Waals surface area contributed by atoms with E-state index in [0.29, 0.717) is 5.56 Å². The fourth-order valence-corrected chi connectivity index (χ4v) is 2.43. The largest absolute Gasteiger partial charge is 0.478 e. The molecule has 0 radical (unpaired) electrons. The molecule has 1 aromatic carbocycles. The molecule has 1 N–H and O–H groups in total. The highest BCUT2D eigenvalue weighted by atomic mass is 31.2. The molecule has 0 saturated heterocycles. The summed E-state index contributed by atoms with van der Waals surface area (Å²) in [6, 6.07) is 5.64. The maximum absolute atomic E-state index is 13.8. The molecule has 0 aliphatic carbocycles. The van der Waals surface area contributed by atoms with Gasteiger partial charge in [-0.1, -0.05) is 12.1 Å². The van der Waals surface area contributed by atoms with Crippen molar-refractivity contribution in [2.45, 2.75) is 12.3 Å². The molecule has 0 aliphatic heterocycles. The zero-order chi connectivity index (χ0) is 13.8. The third kappa shape index (κ3) is 3.38. The Morgan fingerprint density at radius 3 is 2.22 bits per heavy atom. The second kappa shape index (κ2) is 6.09. The fraction of sp³-hybridized carbons (Fsp3) is 0.364. The zero-order valence-corrected chi connectivity index (χ0v) is 10.9. The minimum Gasteiger partial charge on any atom is -0.478 e. The second-order valence-corrected chi connectivity index (χ2v) is 5.92. The summed E-state index contributed by atoms with van der Waals surface area (Å²) >= 11 is 0. The Morgan fingerprint density at radius 2 is 1.83 bits per heavy atom. The molecule has 100 valence electrons. The van der Waals surface area contributed by atoms with Crippen molar-refractivity contribution in [2.75, 3.05) is 14.2 Å². The van der Waals surface area contributed by atoms with Crippen molar-refractivity contribution < 1.29 is 27.9 Å². The first-order chi connectivity index (χ1) is 8.42. The van der Waals surface area contributed by atoms with Gasteiger partial charge in [0.2, 0.25) is 5.91 Å². The third-order valence-electron chi connectivity index (χ3n) is 2.46. The number of rotatable bonds is 6. The number of aromatic carboxylic acids is 1. The molecular weight excluding hydrogens is 262 g/mol. The van der Waals surface area contributed by atoms with Gasteiger partial charge in [0, 0.05) is 20.6 Å². The van der Waals surface area contributed by atoms with E-state index in [2.05, 4.69) is 9.05 Å². The van der Waals surface area contributed by atoms with Gasteiger partial charge in [0.05, 0.1) is 5.56 Å². The van der Waals surface area contributed by atoms with Crippen LogP contribution in [-0.2, 0) is 20.0 Å². The predicted octanol–water partition coefficient (Wildman–Crippen LogP) is 2.71. The summed E-state index contributed by atoms with van der Waals surface area (Å²) in [4.78, 5) is 10.6. The van der Waals surface area contributed by atoms with Crippen LogP contribution in [0.5, 0.6) is 0 Å². The molecule has 0 spiro atoms. The molecular formula is C11H14FO5P. The van der Waals surface area contributed by atoms with Gasteiger partial charge in [0.1, 0.15) is 0 Å². The molecule has 18 heavy (non-hydrogen) atoms. The molecule has 7 heteroatoms. The summed E-state index contributed by atoms with van der Waals surface area (Å²) in [5.74, 6) is -2.85. The monoisotopic (exact) mass is 276 g/mol. The summed E-state index contributed by atoms with van der Waals surface area (Å²) in [5.41, 5.74) is 0.623. The molecule has 1 rings (SSSR count). The molecule has 1 atom stereocenters. The molecule has 0 aromatic heterocycles. The van der Waals surface area contributed by atoms with Crippen molar-refractivity contribution in [3.63, 3.8) is 0 Å². The Bertz CT molecular complexity index is 451. The molecule has 1 aromatic rings. The van der Waals surface area contributed by atoms with E-state index >= 15 is 0 Å². The molecule has 0 amide bonds. The lowest BCUT2D eigenvalue weighted by molar-refractivity contribution is 0.0697. The van der Waals surface area contributed by atoms with Crippen molar-refractivity contribution in [1.29, 1.82) is 0 Å². The molecule has 5 nitrogen and oxygen atoms in total. The number of benzene rings is 1. The van der Waals surface area contributed by atoms with Crippen molar-refractivity contribution in [3.05, 3.63) is 35.4 Å². The van der Waals surface area contributed by atoms with Crippen LogP contribution in [0.25, 0.3) is 0 Å². The number of hydrogen-bond donors (Lipinski definition) is 1. The smallest absolute Gasteiger partial charge is 0.364 e. The average molecular weight is 276 g/mol. The van der Waals surface area contributed by atoms with Crippen LogP contribution in [-0.4, -0.2) is 31.2 Å². The standard InChI is InChI=1S/C11H14FO5P/c1-16-18(15,17-2)10(12)7-8-3-5-9(6-4-8)11(13)14/h3-6,10H,7H2,1-2H3,(H,13,14). The van der Waals surface area contributed by atoms with Crippen molar-refractivity contribution in [3.8, 4) is 0 Å². The van der Waals surface area contributed by atoms with E-state index < -0.39 is 19.5 Å². The van der Waals surface area contributed by atoms with E-state index in [4.69, 9.17) is 5.11 Å². The lowest BCUT2D eigenvalue weighted by atomic mass is 10.1. The topological polar surface area (TPSA) is 72.8 Å². The fourth-order valence-electron chi connectivity index (χ4n) is 1.39. The normalized spacial score (nSPS) is 13.3. The summed E-state index contributed by atoms with van der Waals surface area (Å²) in [6.45, 7) is 0. The van der Waals surface area contributed by atoms with Crippen LogP contribution in [0.1, 0.15) is 15.9 Å². The maximum Gasteiger partial charge on any atom is 0.364 e. The Hall–Kier alpha value is -1.23. The van der Waals surface area contributed by atoms with Gasteiger partial charge in [-0.25, -0.2) is 9.18 Å². The van der Waals surface area contributed by atoms with Gasteiger partial charge in [-0.2, -0.15) is 0 Å². The minimum absolute atomic E-state index is 0.107. The summed E-state index contributed by atoms with van der Waals surface area (Å²) in [6.07, 6.45) is -0.168. The Kier molecular flexibility index (Phi) is 5.02. The first-order valence-corrected chi connectivity index (χ1v) is 6.71. The van der Waals surface area contributed by atoms with Crippen LogP contribution in [0.3, 0.4) is 0 Å². The van der Waals surface area contributed by atoms with E-state index in [9.17, 15) is 13.8 Å². The molecule has 0 heterocycles. The van der Waals surface area contributed by atoms with Crippen LogP contribution in [0, 0.1) is 0 Å². The lowest BCUT2D eigenvalue weighted by Gasteiger charge is -2.17. The third-order valence-corrected chi connectivity index (χ3v) is 4.34.